The molecule has 2 aromatic heterocycles. The standard InChI is InChI=1S/C18H23F2N3.C17H23N3/c1-18(2,3)23-7-5-6-12-8-14(13-10-21-22(4)11-13)15(17(19)20)9-16(12)23;1-17(2,3)20-9-5-6-14-10-13(7-8-16(14)20)15-11-18-19(4)12-15/h8-11,17H,5-7H2,1-4H3;7-8,10-12H,5-6,9H2,1-4H3. The summed E-state index contributed by atoms with van der Waals surface area (Å²) in [6.45, 7) is 15.3. The van der Waals surface area contributed by atoms with Gasteiger partial charge < -0.3 is 9.80 Å². The zero-order valence-corrected chi connectivity index (χ0v) is 27.0. The lowest BCUT2D eigenvalue weighted by atomic mass is 9.90. The number of alkyl halides is 2. The molecule has 2 aliphatic rings. The third-order valence-corrected chi connectivity index (χ3v) is 8.48. The van der Waals surface area contributed by atoms with E-state index in [0.717, 1.165) is 42.7 Å². The van der Waals surface area contributed by atoms with E-state index >= 15 is 0 Å². The molecular weight excluding hydrogens is 542 g/mol. The van der Waals surface area contributed by atoms with Gasteiger partial charge in [0.2, 0.25) is 0 Å². The summed E-state index contributed by atoms with van der Waals surface area (Å²) >= 11 is 0. The molecule has 6 nitrogen and oxygen atoms in total. The second-order valence-corrected chi connectivity index (χ2v) is 13.9. The van der Waals surface area contributed by atoms with Crippen molar-refractivity contribution in [1.82, 2.24) is 19.6 Å². The summed E-state index contributed by atoms with van der Waals surface area (Å²) < 4.78 is 30.8. The van der Waals surface area contributed by atoms with Gasteiger partial charge in [-0.2, -0.15) is 10.2 Å². The van der Waals surface area contributed by atoms with Crippen molar-refractivity contribution >= 4 is 11.4 Å². The molecule has 0 aliphatic carbocycles. The topological polar surface area (TPSA) is 42.1 Å². The molecule has 0 N–H and O–H groups in total. The first-order valence-corrected chi connectivity index (χ1v) is 15.3. The molecule has 2 aromatic carbocycles. The number of benzene rings is 2. The molecule has 0 fully saturated rings. The Kier molecular flexibility index (Phi) is 8.43. The molecule has 2 aliphatic heterocycles. The van der Waals surface area contributed by atoms with Crippen molar-refractivity contribution < 1.29 is 8.78 Å². The van der Waals surface area contributed by atoms with Crippen LogP contribution in [0.1, 0.15) is 77.5 Å². The third kappa shape index (κ3) is 6.63. The van der Waals surface area contributed by atoms with Crippen LogP contribution in [0.3, 0.4) is 0 Å². The van der Waals surface area contributed by atoms with Crippen LogP contribution in [0.5, 0.6) is 0 Å². The van der Waals surface area contributed by atoms with Crippen molar-refractivity contribution in [2.75, 3.05) is 22.9 Å². The Balaban J connectivity index is 0.000000173. The minimum absolute atomic E-state index is 0.0790. The lowest BCUT2D eigenvalue weighted by molar-refractivity contribution is 0.152. The average molecular weight is 589 g/mol. The summed E-state index contributed by atoms with van der Waals surface area (Å²) in [6, 6.07) is 10.5. The van der Waals surface area contributed by atoms with Crippen molar-refractivity contribution in [2.45, 2.75) is 84.7 Å². The van der Waals surface area contributed by atoms with Crippen LogP contribution in [0.4, 0.5) is 20.2 Å². The van der Waals surface area contributed by atoms with Gasteiger partial charge in [-0.1, -0.05) is 6.07 Å². The van der Waals surface area contributed by atoms with E-state index in [-0.39, 0.29) is 16.6 Å². The van der Waals surface area contributed by atoms with Crippen molar-refractivity contribution in [3.05, 3.63) is 71.8 Å². The molecule has 0 radical (unpaired) electrons. The van der Waals surface area contributed by atoms with Crippen LogP contribution in [-0.4, -0.2) is 43.7 Å². The van der Waals surface area contributed by atoms with Gasteiger partial charge in [-0.15, -0.1) is 0 Å². The number of nitrogens with zero attached hydrogens (tertiary/aromatic N) is 6. The molecule has 0 saturated heterocycles. The van der Waals surface area contributed by atoms with Crippen LogP contribution in [0, 0.1) is 0 Å². The summed E-state index contributed by atoms with van der Waals surface area (Å²) in [6.07, 6.45) is 9.34. The molecule has 0 amide bonds. The Morgan fingerprint density at radius 3 is 1.72 bits per heavy atom. The van der Waals surface area contributed by atoms with E-state index in [0.29, 0.717) is 5.56 Å². The van der Waals surface area contributed by atoms with Gasteiger partial charge in [-0.3, -0.25) is 9.36 Å². The largest absolute Gasteiger partial charge is 0.366 e. The molecule has 0 saturated carbocycles. The zero-order chi connectivity index (χ0) is 31.1. The van der Waals surface area contributed by atoms with Gasteiger partial charge in [-0.25, -0.2) is 8.78 Å². The highest BCUT2D eigenvalue weighted by molar-refractivity contribution is 5.74. The number of rotatable bonds is 3. The van der Waals surface area contributed by atoms with Gasteiger partial charge in [-0.05, 0) is 114 Å². The Bertz CT molecular complexity index is 1570. The molecule has 230 valence electrons. The molecule has 0 spiro atoms. The molecular formula is C35H46F2N6. The fourth-order valence-electron chi connectivity index (χ4n) is 6.38. The van der Waals surface area contributed by atoms with Crippen LogP contribution in [0.25, 0.3) is 22.3 Å². The number of anilines is 2. The maximum absolute atomic E-state index is 13.7. The minimum atomic E-state index is -2.50. The van der Waals surface area contributed by atoms with Crippen LogP contribution in [-0.2, 0) is 26.9 Å². The van der Waals surface area contributed by atoms with Crippen molar-refractivity contribution in [3.8, 4) is 22.3 Å². The number of halogens is 2. The number of hydrogen-bond acceptors (Lipinski definition) is 4. The Hall–Kier alpha value is -3.68. The predicted molar refractivity (Wildman–Crippen MR) is 173 cm³/mol. The Morgan fingerprint density at radius 1 is 0.674 bits per heavy atom. The lowest BCUT2D eigenvalue weighted by Gasteiger charge is -2.42. The van der Waals surface area contributed by atoms with Crippen LogP contribution < -0.4 is 9.80 Å². The fraction of sp³-hybridized carbons (Fsp3) is 0.486. The van der Waals surface area contributed by atoms with E-state index in [9.17, 15) is 8.78 Å². The lowest BCUT2D eigenvalue weighted by Crippen LogP contribution is -2.44. The highest BCUT2D eigenvalue weighted by atomic mass is 19.3. The molecule has 4 heterocycles. The van der Waals surface area contributed by atoms with Gasteiger partial charge in [0.25, 0.3) is 6.43 Å². The highest BCUT2D eigenvalue weighted by Gasteiger charge is 2.30. The summed E-state index contributed by atoms with van der Waals surface area (Å²) in [7, 11) is 3.76. The molecule has 0 atom stereocenters. The third-order valence-electron chi connectivity index (χ3n) is 8.48. The average Bonchev–Trinajstić information content (AvgIpc) is 3.58. The number of hydrogen-bond donors (Lipinski definition) is 0. The highest BCUT2D eigenvalue weighted by Crippen LogP contribution is 2.41. The first-order chi connectivity index (χ1) is 20.2. The summed E-state index contributed by atoms with van der Waals surface area (Å²) in [4.78, 5) is 4.77. The first kappa shape index (κ1) is 30.8. The molecule has 0 bridgehead atoms. The van der Waals surface area contributed by atoms with Crippen LogP contribution >= 0.6 is 0 Å². The van der Waals surface area contributed by atoms with E-state index in [1.807, 2.05) is 24.0 Å². The predicted octanol–water partition coefficient (Wildman–Crippen LogP) is 8.21. The van der Waals surface area contributed by atoms with Gasteiger partial charge in [0.05, 0.1) is 12.4 Å². The second-order valence-electron chi connectivity index (χ2n) is 13.9. The smallest absolute Gasteiger partial charge is 0.264 e. The first-order valence-electron chi connectivity index (χ1n) is 15.3. The SMILES string of the molecule is Cn1cc(-c2cc3c(cc2C(F)F)N(C(C)(C)C)CCC3)cn1.Cn1cc(-c2ccc3c(c2)CCCN3C(C)(C)C)cn1. The van der Waals surface area contributed by atoms with E-state index in [4.69, 9.17) is 0 Å². The molecule has 6 rings (SSSR count). The number of fused-ring (bicyclic) bond motifs is 2. The number of aryl methyl sites for hydroxylation is 4. The zero-order valence-electron chi connectivity index (χ0n) is 27.0. The van der Waals surface area contributed by atoms with Gasteiger partial charge in [0.15, 0.2) is 0 Å². The minimum Gasteiger partial charge on any atom is -0.366 e. The van der Waals surface area contributed by atoms with Gasteiger partial charge in [0, 0.05) is 78.7 Å². The fourth-order valence-corrected chi connectivity index (χ4v) is 6.38. The summed E-state index contributed by atoms with van der Waals surface area (Å²) in [5, 5.41) is 8.39. The molecule has 4 aromatic rings. The number of aromatic nitrogens is 4. The Labute approximate surface area is 255 Å². The van der Waals surface area contributed by atoms with E-state index in [1.54, 1.807) is 30.2 Å². The monoisotopic (exact) mass is 588 g/mol. The quantitative estimate of drug-likeness (QED) is 0.242. The van der Waals surface area contributed by atoms with Gasteiger partial charge >= 0.3 is 0 Å². The van der Waals surface area contributed by atoms with Crippen molar-refractivity contribution in [3.63, 3.8) is 0 Å². The van der Waals surface area contributed by atoms with Crippen LogP contribution in [0.15, 0.2) is 55.1 Å². The van der Waals surface area contributed by atoms with E-state index in [2.05, 4.69) is 85.9 Å². The Morgan fingerprint density at radius 2 is 1.21 bits per heavy atom. The summed E-state index contributed by atoms with van der Waals surface area (Å²) in [5.41, 5.74) is 8.98. The van der Waals surface area contributed by atoms with Crippen molar-refractivity contribution in [2.24, 2.45) is 14.1 Å². The maximum Gasteiger partial charge on any atom is 0.264 e. The summed E-state index contributed by atoms with van der Waals surface area (Å²) in [5.74, 6) is 0. The second kappa shape index (κ2) is 11.8. The van der Waals surface area contributed by atoms with E-state index in [1.165, 1.54) is 35.2 Å². The van der Waals surface area contributed by atoms with Gasteiger partial charge in [0.1, 0.15) is 0 Å². The normalized spacial score (nSPS) is 15.2. The van der Waals surface area contributed by atoms with Crippen molar-refractivity contribution in [1.29, 1.82) is 0 Å². The molecule has 43 heavy (non-hydrogen) atoms. The van der Waals surface area contributed by atoms with Crippen LogP contribution in [0.2, 0.25) is 0 Å². The van der Waals surface area contributed by atoms with E-state index < -0.39 is 6.43 Å². The molecule has 8 heteroatoms. The molecule has 0 unspecified atom stereocenters. The maximum atomic E-state index is 13.7.